The van der Waals surface area contributed by atoms with E-state index in [-0.39, 0.29) is 0 Å². The second-order valence-corrected chi connectivity index (χ2v) is 9.43. The number of fused-ring (bicyclic) bond motifs is 1. The Morgan fingerprint density at radius 3 is 2.75 bits per heavy atom. The number of piperazine rings is 1. The highest BCUT2D eigenvalue weighted by Crippen LogP contribution is 2.27. The number of nitrogens with one attached hydrogen (secondary N) is 1. The van der Waals surface area contributed by atoms with Crippen molar-refractivity contribution in [3.8, 4) is 5.82 Å². The summed E-state index contributed by atoms with van der Waals surface area (Å²) in [4.78, 5) is 26.1. The molecule has 2 aromatic heterocycles. The third-order valence-corrected chi connectivity index (χ3v) is 7.03. The van der Waals surface area contributed by atoms with Crippen LogP contribution in [0.3, 0.4) is 0 Å². The van der Waals surface area contributed by atoms with Crippen molar-refractivity contribution < 1.29 is 4.79 Å². The average Bonchev–Trinajstić information content (AvgIpc) is 3.06. The second kappa shape index (κ2) is 10.2. The molecular formula is C27H30ClN7O. The monoisotopic (exact) mass is 503 g/mol. The van der Waals surface area contributed by atoms with Crippen LogP contribution in [0.1, 0.15) is 29.3 Å². The SMILES string of the molecule is CCN1CCN(c2ccc(Nc3ncc(Cl)c(-n4cc(C(N)=O)c5c4=CCC=CC=5)n3)cc2C)CC1. The molecule has 1 fully saturated rings. The van der Waals surface area contributed by atoms with E-state index in [1.807, 2.05) is 30.4 Å². The number of nitrogens with zero attached hydrogens (tertiary/aromatic N) is 5. The Morgan fingerprint density at radius 1 is 1.22 bits per heavy atom. The van der Waals surface area contributed by atoms with E-state index in [9.17, 15) is 4.79 Å². The number of aromatic nitrogens is 3. The van der Waals surface area contributed by atoms with Gasteiger partial charge in [0.2, 0.25) is 5.95 Å². The van der Waals surface area contributed by atoms with E-state index in [2.05, 4.69) is 46.1 Å². The predicted molar refractivity (Wildman–Crippen MR) is 146 cm³/mol. The van der Waals surface area contributed by atoms with E-state index in [0.717, 1.165) is 55.4 Å². The highest BCUT2D eigenvalue weighted by Gasteiger charge is 2.18. The van der Waals surface area contributed by atoms with Crippen LogP contribution in [0.5, 0.6) is 0 Å². The minimum atomic E-state index is -0.500. The summed E-state index contributed by atoms with van der Waals surface area (Å²) in [5, 5.41) is 5.26. The van der Waals surface area contributed by atoms with Crippen molar-refractivity contribution in [3.63, 3.8) is 0 Å². The number of likely N-dealkylation sites (N-methyl/N-ethyl adjacent to an activating group) is 1. The van der Waals surface area contributed by atoms with Gasteiger partial charge >= 0.3 is 0 Å². The number of allylic oxidation sites excluding steroid dienone is 2. The summed E-state index contributed by atoms with van der Waals surface area (Å²) in [5.74, 6) is 0.392. The lowest BCUT2D eigenvalue weighted by atomic mass is 10.1. The number of amides is 1. The molecule has 1 aliphatic carbocycles. The lowest BCUT2D eigenvalue weighted by molar-refractivity contribution is 0.0999. The van der Waals surface area contributed by atoms with Crippen LogP contribution in [0.25, 0.3) is 18.0 Å². The lowest BCUT2D eigenvalue weighted by Crippen LogP contribution is -2.46. The van der Waals surface area contributed by atoms with Crippen LogP contribution in [-0.4, -0.2) is 58.1 Å². The molecule has 9 heteroatoms. The molecule has 2 aliphatic rings. The molecule has 0 bridgehead atoms. The maximum absolute atomic E-state index is 12.1. The van der Waals surface area contributed by atoms with Crippen molar-refractivity contribution in [1.82, 2.24) is 19.4 Å². The smallest absolute Gasteiger partial charge is 0.250 e. The minimum Gasteiger partial charge on any atom is -0.369 e. The molecule has 1 saturated heterocycles. The number of nitrogens with two attached hydrogens (primary N) is 1. The van der Waals surface area contributed by atoms with Crippen molar-refractivity contribution in [2.24, 2.45) is 5.73 Å². The summed E-state index contributed by atoms with van der Waals surface area (Å²) in [7, 11) is 0. The number of hydrogen-bond acceptors (Lipinski definition) is 6. The molecule has 1 amide bonds. The van der Waals surface area contributed by atoms with Gasteiger partial charge in [-0.05, 0) is 43.7 Å². The largest absolute Gasteiger partial charge is 0.369 e. The Morgan fingerprint density at radius 2 is 2.03 bits per heavy atom. The number of anilines is 3. The van der Waals surface area contributed by atoms with E-state index in [1.165, 1.54) is 11.3 Å². The van der Waals surface area contributed by atoms with Crippen molar-refractivity contribution in [2.75, 3.05) is 42.9 Å². The molecule has 1 aromatic carbocycles. The molecule has 0 atom stereocenters. The van der Waals surface area contributed by atoms with E-state index >= 15 is 0 Å². The van der Waals surface area contributed by atoms with Crippen LogP contribution >= 0.6 is 11.6 Å². The molecule has 36 heavy (non-hydrogen) atoms. The van der Waals surface area contributed by atoms with Crippen molar-refractivity contribution in [3.05, 3.63) is 69.5 Å². The van der Waals surface area contributed by atoms with Crippen LogP contribution in [0, 0.1) is 6.92 Å². The number of rotatable bonds is 6. The van der Waals surface area contributed by atoms with Gasteiger partial charge in [0.1, 0.15) is 5.02 Å². The molecule has 0 saturated carbocycles. The Labute approximate surface area is 215 Å². The zero-order valence-electron chi connectivity index (χ0n) is 20.5. The summed E-state index contributed by atoms with van der Waals surface area (Å²) < 4.78 is 1.80. The predicted octanol–water partition coefficient (Wildman–Crippen LogP) is 2.73. The number of aryl methyl sites for hydroxylation is 1. The molecule has 8 nitrogen and oxygen atoms in total. The standard InChI is InChI=1S/C27H30ClN7O/c1-3-33-11-13-34(14-12-33)23-10-9-19(15-18(23)2)31-27-30-16-22(28)26(32-27)35-17-21(25(29)36)20-7-5-4-6-8-24(20)35/h4-5,7-10,15-17H,3,6,11-14H2,1-2H3,(H2,29,36)(H,30,31,32). The van der Waals surface area contributed by atoms with Crippen LogP contribution in [0.4, 0.5) is 17.3 Å². The fraction of sp³-hybridized carbons (Fsp3) is 0.296. The third-order valence-electron chi connectivity index (χ3n) is 6.76. The molecule has 0 radical (unpaired) electrons. The lowest BCUT2D eigenvalue weighted by Gasteiger charge is -2.36. The van der Waals surface area contributed by atoms with Crippen molar-refractivity contribution in [1.29, 1.82) is 0 Å². The third kappa shape index (κ3) is 4.74. The molecule has 5 rings (SSSR count). The van der Waals surface area contributed by atoms with Crippen LogP contribution in [0.2, 0.25) is 5.02 Å². The Balaban J connectivity index is 1.44. The topological polar surface area (TPSA) is 92.3 Å². The van der Waals surface area contributed by atoms with Crippen LogP contribution in [0.15, 0.2) is 42.7 Å². The Hall–Kier alpha value is -3.62. The average molecular weight is 504 g/mol. The van der Waals surface area contributed by atoms with Gasteiger partial charge in [0.25, 0.3) is 5.91 Å². The fourth-order valence-electron chi connectivity index (χ4n) is 4.82. The fourth-order valence-corrected chi connectivity index (χ4v) is 5.01. The number of carbonyl (C=O) groups is 1. The molecule has 0 spiro atoms. The summed E-state index contributed by atoms with van der Waals surface area (Å²) >= 11 is 6.52. The number of primary amides is 1. The molecule has 3 N–H and O–H groups in total. The first-order valence-electron chi connectivity index (χ1n) is 12.2. The zero-order chi connectivity index (χ0) is 25.2. The maximum atomic E-state index is 12.1. The van der Waals surface area contributed by atoms with Gasteiger partial charge in [-0.1, -0.05) is 42.8 Å². The molecule has 186 valence electrons. The first-order chi connectivity index (χ1) is 17.4. The number of carbonyl (C=O) groups excluding carboxylic acids is 1. The van der Waals surface area contributed by atoms with Crippen LogP contribution in [-0.2, 0) is 0 Å². The van der Waals surface area contributed by atoms with E-state index in [4.69, 9.17) is 22.3 Å². The normalized spacial score (nSPS) is 15.6. The Kier molecular flexibility index (Phi) is 6.80. The van der Waals surface area contributed by atoms with E-state index < -0.39 is 5.91 Å². The van der Waals surface area contributed by atoms with Gasteiger partial charge in [-0.15, -0.1) is 0 Å². The quantitative estimate of drug-likeness (QED) is 0.537. The van der Waals surface area contributed by atoms with Gasteiger partial charge < -0.3 is 20.9 Å². The van der Waals surface area contributed by atoms with Crippen LogP contribution < -0.4 is 26.5 Å². The van der Waals surface area contributed by atoms with Gasteiger partial charge in [0.15, 0.2) is 5.82 Å². The molecule has 3 heterocycles. The van der Waals surface area contributed by atoms with Gasteiger partial charge in [-0.2, -0.15) is 4.98 Å². The zero-order valence-corrected chi connectivity index (χ0v) is 21.3. The maximum Gasteiger partial charge on any atom is 0.250 e. The molecule has 1 aliphatic heterocycles. The summed E-state index contributed by atoms with van der Waals surface area (Å²) in [6.07, 6.45) is 11.8. The highest BCUT2D eigenvalue weighted by molar-refractivity contribution is 6.32. The van der Waals surface area contributed by atoms with Crippen molar-refractivity contribution in [2.45, 2.75) is 20.3 Å². The molecular weight excluding hydrogens is 474 g/mol. The first-order valence-corrected chi connectivity index (χ1v) is 12.6. The number of benzene rings is 1. The minimum absolute atomic E-state index is 0.373. The van der Waals surface area contributed by atoms with Gasteiger partial charge in [0, 0.05) is 49.0 Å². The first kappa shape index (κ1) is 24.1. The van der Waals surface area contributed by atoms with Gasteiger partial charge in [0.05, 0.1) is 17.1 Å². The summed E-state index contributed by atoms with van der Waals surface area (Å²) in [5.41, 5.74) is 9.41. The Bertz CT molecular complexity index is 1450. The van der Waals surface area contributed by atoms with E-state index in [1.54, 1.807) is 17.0 Å². The van der Waals surface area contributed by atoms with Gasteiger partial charge in [-0.25, -0.2) is 4.98 Å². The molecule has 3 aromatic rings. The summed E-state index contributed by atoms with van der Waals surface area (Å²) in [6, 6.07) is 6.31. The second-order valence-electron chi connectivity index (χ2n) is 9.02. The number of hydrogen-bond donors (Lipinski definition) is 2. The van der Waals surface area contributed by atoms with Gasteiger partial charge in [-0.3, -0.25) is 9.36 Å². The van der Waals surface area contributed by atoms with E-state index in [0.29, 0.717) is 22.4 Å². The number of halogens is 1. The molecule has 0 unspecified atom stereocenters. The highest BCUT2D eigenvalue weighted by atomic mass is 35.5. The van der Waals surface area contributed by atoms with Crippen molar-refractivity contribution >= 4 is 47.0 Å². The summed E-state index contributed by atoms with van der Waals surface area (Å²) in [6.45, 7) is 9.67.